The number of carbonyl (C=O) groups is 1. The number of rotatable bonds is 8. The zero-order valence-corrected chi connectivity index (χ0v) is 17.6. The van der Waals surface area contributed by atoms with Gasteiger partial charge in [0.05, 0.1) is 18.4 Å². The van der Waals surface area contributed by atoms with Crippen molar-refractivity contribution >= 4 is 17.0 Å². The largest absolute Gasteiger partial charge is 0.467 e. The van der Waals surface area contributed by atoms with Crippen LogP contribution in [0.15, 0.2) is 38.4 Å². The van der Waals surface area contributed by atoms with Gasteiger partial charge < -0.3 is 18.6 Å². The molecule has 0 radical (unpaired) electrons. The number of nitrogens with zero attached hydrogens (tertiary/aromatic N) is 4. The molecule has 0 aliphatic heterocycles. The Morgan fingerprint density at radius 3 is 2.66 bits per heavy atom. The van der Waals surface area contributed by atoms with Crippen LogP contribution in [0.4, 0.5) is 0 Å². The average molecular weight is 400 g/mol. The van der Waals surface area contributed by atoms with Crippen LogP contribution in [-0.4, -0.2) is 52.4 Å². The van der Waals surface area contributed by atoms with E-state index in [-0.39, 0.29) is 34.0 Å². The molecule has 8 heteroatoms. The van der Waals surface area contributed by atoms with Gasteiger partial charge in [0.15, 0.2) is 0 Å². The van der Waals surface area contributed by atoms with Crippen LogP contribution in [0.25, 0.3) is 11.1 Å². The summed E-state index contributed by atoms with van der Waals surface area (Å²) in [6.07, 6.45) is 3.06. The number of likely N-dealkylation sites (N-methyl/N-ethyl adjacent to an activating group) is 1. The van der Waals surface area contributed by atoms with E-state index in [0.717, 1.165) is 0 Å². The van der Waals surface area contributed by atoms with Gasteiger partial charge in [0, 0.05) is 19.6 Å². The molecule has 29 heavy (non-hydrogen) atoms. The molecule has 0 saturated carbocycles. The second kappa shape index (κ2) is 8.65. The second-order valence-corrected chi connectivity index (χ2v) is 7.92. The van der Waals surface area contributed by atoms with Gasteiger partial charge in [-0.2, -0.15) is 0 Å². The van der Waals surface area contributed by atoms with Crippen molar-refractivity contribution in [1.82, 2.24) is 19.4 Å². The number of carbonyl (C=O) groups excluding carboxylic acids is 1. The van der Waals surface area contributed by atoms with E-state index in [4.69, 9.17) is 8.83 Å². The number of aromatic nitrogens is 2. The smallest absolute Gasteiger partial charge is 0.265 e. The summed E-state index contributed by atoms with van der Waals surface area (Å²) in [4.78, 5) is 34.5. The molecule has 0 aliphatic rings. The third kappa shape index (κ3) is 4.59. The molecule has 3 aromatic rings. The molecule has 0 fully saturated rings. The van der Waals surface area contributed by atoms with E-state index in [9.17, 15) is 9.59 Å². The molecule has 0 aliphatic carbocycles. The minimum Gasteiger partial charge on any atom is -0.467 e. The third-order valence-electron chi connectivity index (χ3n) is 4.66. The van der Waals surface area contributed by atoms with Crippen LogP contribution in [0.5, 0.6) is 0 Å². The quantitative estimate of drug-likeness (QED) is 0.578. The summed E-state index contributed by atoms with van der Waals surface area (Å²) < 4.78 is 12.6. The Labute approximate surface area is 169 Å². The first kappa shape index (κ1) is 20.9. The minimum absolute atomic E-state index is 0.196. The number of hydrogen-bond acceptors (Lipinski definition) is 6. The molecule has 0 spiro atoms. The fraction of sp³-hybridized carbons (Fsp3) is 0.476. The van der Waals surface area contributed by atoms with Gasteiger partial charge in [0.2, 0.25) is 5.71 Å². The summed E-state index contributed by atoms with van der Waals surface area (Å²) in [6, 6.07) is 3.62. The maximum atomic E-state index is 13.5. The molecule has 3 rings (SSSR count). The van der Waals surface area contributed by atoms with Crippen molar-refractivity contribution in [3.63, 3.8) is 0 Å². The molecule has 0 saturated heterocycles. The first-order valence-corrected chi connectivity index (χ1v) is 9.72. The van der Waals surface area contributed by atoms with E-state index < -0.39 is 0 Å². The molecule has 1 amide bonds. The molecule has 3 heterocycles. The van der Waals surface area contributed by atoms with Crippen molar-refractivity contribution in [3.05, 3.63) is 52.2 Å². The van der Waals surface area contributed by atoms with Crippen molar-refractivity contribution in [3.8, 4) is 0 Å². The van der Waals surface area contributed by atoms with Crippen molar-refractivity contribution in [2.45, 2.75) is 33.9 Å². The van der Waals surface area contributed by atoms with Crippen molar-refractivity contribution < 1.29 is 13.6 Å². The predicted molar refractivity (Wildman–Crippen MR) is 110 cm³/mol. The lowest BCUT2D eigenvalue weighted by Crippen LogP contribution is -2.37. The highest BCUT2D eigenvalue weighted by Crippen LogP contribution is 2.23. The highest BCUT2D eigenvalue weighted by molar-refractivity contribution is 6.06. The van der Waals surface area contributed by atoms with Gasteiger partial charge in [-0.1, -0.05) is 13.8 Å². The topological polar surface area (TPSA) is 84.7 Å². The van der Waals surface area contributed by atoms with Crippen molar-refractivity contribution in [2.24, 2.45) is 5.92 Å². The average Bonchev–Trinajstić information content (AvgIpc) is 3.27. The second-order valence-electron chi connectivity index (χ2n) is 7.92. The zero-order valence-electron chi connectivity index (χ0n) is 17.6. The fourth-order valence-electron chi connectivity index (χ4n) is 3.24. The molecule has 0 aromatic carbocycles. The molecular formula is C21H28N4O4. The SMILES string of the molecule is Cc1oc2ncn(CC(C)C)c(=O)c2c1C(=O)N(CCN(C)C)Cc1ccco1. The van der Waals surface area contributed by atoms with Crippen LogP contribution in [0.2, 0.25) is 0 Å². The summed E-state index contributed by atoms with van der Waals surface area (Å²) in [5, 5.41) is 0.241. The van der Waals surface area contributed by atoms with Crippen LogP contribution in [0, 0.1) is 12.8 Å². The minimum atomic E-state index is -0.263. The van der Waals surface area contributed by atoms with E-state index in [0.29, 0.717) is 37.7 Å². The monoisotopic (exact) mass is 400 g/mol. The standard InChI is InChI=1S/C21H28N4O4/c1-14(2)11-25-13-22-19-18(21(25)27)17(15(3)29-19)20(26)24(9-8-23(4)5)12-16-7-6-10-28-16/h6-7,10,13-14H,8-9,11-12H2,1-5H3. The summed E-state index contributed by atoms with van der Waals surface area (Å²) in [7, 11) is 3.89. The van der Waals surface area contributed by atoms with Crippen LogP contribution < -0.4 is 5.56 Å². The Balaban J connectivity index is 2.04. The number of fused-ring (bicyclic) bond motifs is 1. The molecule has 3 aromatic heterocycles. The molecule has 0 atom stereocenters. The lowest BCUT2D eigenvalue weighted by molar-refractivity contribution is 0.0719. The van der Waals surface area contributed by atoms with Crippen molar-refractivity contribution in [1.29, 1.82) is 0 Å². The van der Waals surface area contributed by atoms with E-state index in [1.807, 2.05) is 38.9 Å². The number of furan rings is 2. The lowest BCUT2D eigenvalue weighted by Gasteiger charge is -2.23. The maximum Gasteiger partial charge on any atom is 0.265 e. The first-order chi connectivity index (χ1) is 13.8. The Bertz CT molecular complexity index is 1030. The van der Waals surface area contributed by atoms with Gasteiger partial charge in [0.25, 0.3) is 11.5 Å². The molecular weight excluding hydrogens is 372 g/mol. The summed E-state index contributed by atoms with van der Waals surface area (Å²) in [6.45, 7) is 7.74. The first-order valence-electron chi connectivity index (χ1n) is 9.72. The van der Waals surface area contributed by atoms with Gasteiger partial charge in [-0.15, -0.1) is 0 Å². The van der Waals surface area contributed by atoms with Crippen LogP contribution in [0.3, 0.4) is 0 Å². The van der Waals surface area contributed by atoms with Crippen LogP contribution >= 0.6 is 0 Å². The number of hydrogen-bond donors (Lipinski definition) is 0. The Kier molecular flexibility index (Phi) is 6.22. The molecule has 0 unspecified atom stereocenters. The van der Waals surface area contributed by atoms with E-state index in [1.165, 1.54) is 10.9 Å². The summed E-state index contributed by atoms with van der Waals surface area (Å²) >= 11 is 0. The van der Waals surface area contributed by atoms with Crippen molar-refractivity contribution in [2.75, 3.05) is 27.2 Å². The third-order valence-corrected chi connectivity index (χ3v) is 4.66. The Morgan fingerprint density at radius 2 is 2.03 bits per heavy atom. The molecule has 8 nitrogen and oxygen atoms in total. The van der Waals surface area contributed by atoms with Gasteiger partial charge >= 0.3 is 0 Å². The van der Waals surface area contributed by atoms with Gasteiger partial charge in [-0.25, -0.2) is 4.98 Å². The molecule has 156 valence electrons. The lowest BCUT2D eigenvalue weighted by atomic mass is 10.1. The van der Waals surface area contributed by atoms with Gasteiger partial charge in [0.1, 0.15) is 23.2 Å². The van der Waals surface area contributed by atoms with E-state index in [2.05, 4.69) is 4.98 Å². The summed E-state index contributed by atoms with van der Waals surface area (Å²) in [5.41, 5.74) is 0.219. The highest BCUT2D eigenvalue weighted by Gasteiger charge is 2.27. The zero-order chi connectivity index (χ0) is 21.1. The van der Waals surface area contributed by atoms with E-state index >= 15 is 0 Å². The molecule has 0 N–H and O–H groups in total. The summed E-state index contributed by atoms with van der Waals surface area (Å²) in [5.74, 6) is 1.08. The Morgan fingerprint density at radius 1 is 1.28 bits per heavy atom. The fourth-order valence-corrected chi connectivity index (χ4v) is 3.24. The van der Waals surface area contributed by atoms with Gasteiger partial charge in [-0.05, 0) is 39.1 Å². The molecule has 0 bridgehead atoms. The van der Waals surface area contributed by atoms with Crippen LogP contribution in [0.1, 0.15) is 35.7 Å². The highest BCUT2D eigenvalue weighted by atomic mass is 16.3. The van der Waals surface area contributed by atoms with Crippen LogP contribution in [-0.2, 0) is 13.1 Å². The van der Waals surface area contributed by atoms with E-state index in [1.54, 1.807) is 24.2 Å². The number of amides is 1. The van der Waals surface area contributed by atoms with Gasteiger partial charge in [-0.3, -0.25) is 14.2 Å². The Hall–Kier alpha value is -2.87. The maximum absolute atomic E-state index is 13.5. The number of aryl methyl sites for hydroxylation is 1. The predicted octanol–water partition coefficient (Wildman–Crippen LogP) is 2.75. The normalized spacial score (nSPS) is 11.7.